The lowest BCUT2D eigenvalue weighted by Gasteiger charge is -2.16. The van der Waals surface area contributed by atoms with Gasteiger partial charge in [0.05, 0.1) is 16.6 Å². The van der Waals surface area contributed by atoms with Crippen molar-refractivity contribution in [1.82, 2.24) is 14.6 Å². The van der Waals surface area contributed by atoms with Crippen molar-refractivity contribution in [3.8, 4) is 0 Å². The van der Waals surface area contributed by atoms with Gasteiger partial charge in [-0.05, 0) is 56.2 Å². The van der Waals surface area contributed by atoms with Gasteiger partial charge in [-0.25, -0.2) is 8.42 Å². The van der Waals surface area contributed by atoms with Crippen LogP contribution in [0.5, 0.6) is 0 Å². The van der Waals surface area contributed by atoms with Crippen LogP contribution in [-0.2, 0) is 10.0 Å². The molecule has 0 spiro atoms. The number of aromatic nitrogens is 1. The summed E-state index contributed by atoms with van der Waals surface area (Å²) in [7, 11) is -3.46. The highest BCUT2D eigenvalue weighted by Crippen LogP contribution is 2.21. The molecule has 0 bridgehead atoms. The molecular weight excluding hydrogens is 338 g/mol. The Bertz CT molecular complexity index is 830. The van der Waals surface area contributed by atoms with Gasteiger partial charge in [-0.1, -0.05) is 6.07 Å². The highest BCUT2D eigenvalue weighted by atomic mass is 32.2. The normalized spacial score (nSPS) is 16.5. The minimum Gasteiger partial charge on any atom is -0.344 e. The smallest absolute Gasteiger partial charge is 0.251 e. The number of carbonyl (C=O) groups excluding carboxylic acids is 1. The van der Waals surface area contributed by atoms with Crippen LogP contribution in [-0.4, -0.2) is 36.7 Å². The molecule has 0 unspecified atom stereocenters. The molecule has 0 radical (unpaired) electrons. The van der Waals surface area contributed by atoms with Gasteiger partial charge in [-0.2, -0.15) is 4.31 Å². The van der Waals surface area contributed by atoms with Crippen molar-refractivity contribution in [2.24, 2.45) is 0 Å². The SMILES string of the molecule is C[C@@H](NC(=O)c1ccc(S(=O)(=O)N2CCCC2)cc1)c1ccccn1. The number of amides is 1. The number of sulfonamides is 1. The minimum atomic E-state index is -3.46. The first-order valence-electron chi connectivity index (χ1n) is 8.30. The summed E-state index contributed by atoms with van der Waals surface area (Å²) in [6, 6.07) is 11.4. The third-order valence-corrected chi connectivity index (χ3v) is 6.21. The van der Waals surface area contributed by atoms with Crippen LogP contribution in [0.15, 0.2) is 53.6 Å². The van der Waals surface area contributed by atoms with Crippen LogP contribution < -0.4 is 5.32 Å². The van der Waals surface area contributed by atoms with Crippen molar-refractivity contribution >= 4 is 15.9 Å². The molecule has 1 aromatic heterocycles. The van der Waals surface area contributed by atoms with Crippen molar-refractivity contribution in [2.75, 3.05) is 13.1 Å². The predicted molar refractivity (Wildman–Crippen MR) is 94.6 cm³/mol. The third kappa shape index (κ3) is 3.88. The average molecular weight is 359 g/mol. The molecule has 0 saturated carbocycles. The second-order valence-corrected chi connectivity index (χ2v) is 8.02. The van der Waals surface area contributed by atoms with Crippen LogP contribution in [0.3, 0.4) is 0 Å². The van der Waals surface area contributed by atoms with Gasteiger partial charge in [0.25, 0.3) is 5.91 Å². The molecule has 2 heterocycles. The summed E-state index contributed by atoms with van der Waals surface area (Å²) >= 11 is 0. The molecule has 1 atom stereocenters. The molecule has 1 amide bonds. The van der Waals surface area contributed by atoms with E-state index < -0.39 is 10.0 Å². The van der Waals surface area contributed by atoms with E-state index >= 15 is 0 Å². The second kappa shape index (κ2) is 7.33. The lowest BCUT2D eigenvalue weighted by Crippen LogP contribution is -2.28. The summed E-state index contributed by atoms with van der Waals surface area (Å²) in [4.78, 5) is 16.8. The molecule has 25 heavy (non-hydrogen) atoms. The Labute approximate surface area is 147 Å². The molecule has 6 nitrogen and oxygen atoms in total. The minimum absolute atomic E-state index is 0.226. The molecule has 1 aromatic carbocycles. The van der Waals surface area contributed by atoms with Gasteiger partial charge in [-0.15, -0.1) is 0 Å². The first-order chi connectivity index (χ1) is 12.0. The van der Waals surface area contributed by atoms with Gasteiger partial charge >= 0.3 is 0 Å². The number of pyridine rings is 1. The number of hydrogen-bond acceptors (Lipinski definition) is 4. The van der Waals surface area contributed by atoms with Crippen LogP contribution in [0, 0.1) is 0 Å². The largest absolute Gasteiger partial charge is 0.344 e. The number of rotatable bonds is 5. The van der Waals surface area contributed by atoms with E-state index in [0.717, 1.165) is 18.5 Å². The molecule has 1 saturated heterocycles. The van der Waals surface area contributed by atoms with Crippen LogP contribution in [0.2, 0.25) is 0 Å². The predicted octanol–water partition coefficient (Wildman–Crippen LogP) is 2.36. The lowest BCUT2D eigenvalue weighted by atomic mass is 10.1. The fourth-order valence-corrected chi connectivity index (χ4v) is 4.36. The number of carbonyl (C=O) groups is 1. The Balaban J connectivity index is 1.70. The molecule has 1 N–H and O–H groups in total. The zero-order chi connectivity index (χ0) is 17.9. The maximum absolute atomic E-state index is 12.5. The molecule has 7 heteroatoms. The summed E-state index contributed by atoms with van der Waals surface area (Å²) in [5.41, 5.74) is 1.19. The molecule has 132 valence electrons. The number of hydrogen-bond donors (Lipinski definition) is 1. The summed E-state index contributed by atoms with van der Waals surface area (Å²) in [6.45, 7) is 2.98. The van der Waals surface area contributed by atoms with E-state index in [1.807, 2.05) is 25.1 Å². The second-order valence-electron chi connectivity index (χ2n) is 6.09. The van der Waals surface area contributed by atoms with Crippen LogP contribution in [0.4, 0.5) is 0 Å². The Morgan fingerprint density at radius 3 is 2.40 bits per heavy atom. The molecule has 1 aliphatic heterocycles. The zero-order valence-electron chi connectivity index (χ0n) is 14.1. The van der Waals surface area contributed by atoms with E-state index in [1.54, 1.807) is 18.3 Å². The highest BCUT2D eigenvalue weighted by molar-refractivity contribution is 7.89. The van der Waals surface area contributed by atoms with Gasteiger partial charge in [0.2, 0.25) is 10.0 Å². The van der Waals surface area contributed by atoms with Crippen molar-refractivity contribution in [3.05, 3.63) is 59.9 Å². The van der Waals surface area contributed by atoms with E-state index in [4.69, 9.17) is 0 Å². The first-order valence-corrected chi connectivity index (χ1v) is 9.74. The summed E-state index contributed by atoms with van der Waals surface area (Å²) in [5, 5.41) is 2.86. The third-order valence-electron chi connectivity index (χ3n) is 4.30. The van der Waals surface area contributed by atoms with Gasteiger partial charge in [0, 0.05) is 24.8 Å². The fraction of sp³-hybridized carbons (Fsp3) is 0.333. The quantitative estimate of drug-likeness (QED) is 0.889. The Morgan fingerprint density at radius 2 is 1.80 bits per heavy atom. The van der Waals surface area contributed by atoms with E-state index in [-0.39, 0.29) is 16.8 Å². The van der Waals surface area contributed by atoms with Crippen molar-refractivity contribution in [1.29, 1.82) is 0 Å². The van der Waals surface area contributed by atoms with Crippen LogP contribution >= 0.6 is 0 Å². The standard InChI is InChI=1S/C18H21N3O3S/c1-14(17-6-2-3-11-19-17)20-18(22)15-7-9-16(10-8-15)25(23,24)21-12-4-5-13-21/h2-3,6-11,14H,4-5,12-13H2,1H3,(H,20,22)/t14-/m1/s1. The fourth-order valence-electron chi connectivity index (χ4n) is 2.84. The van der Waals surface area contributed by atoms with Crippen LogP contribution in [0.25, 0.3) is 0 Å². The van der Waals surface area contributed by atoms with E-state index in [2.05, 4.69) is 10.3 Å². The highest BCUT2D eigenvalue weighted by Gasteiger charge is 2.27. The molecule has 2 aromatic rings. The van der Waals surface area contributed by atoms with Crippen molar-refractivity contribution < 1.29 is 13.2 Å². The van der Waals surface area contributed by atoms with Crippen molar-refractivity contribution in [2.45, 2.75) is 30.7 Å². The van der Waals surface area contributed by atoms with Crippen LogP contribution in [0.1, 0.15) is 41.9 Å². The summed E-state index contributed by atoms with van der Waals surface area (Å²) in [5.74, 6) is -0.261. The molecule has 1 aliphatic rings. The van der Waals surface area contributed by atoms with Gasteiger partial charge in [0.1, 0.15) is 0 Å². The zero-order valence-corrected chi connectivity index (χ0v) is 14.9. The Morgan fingerprint density at radius 1 is 1.12 bits per heavy atom. The first kappa shape index (κ1) is 17.6. The number of nitrogens with one attached hydrogen (secondary N) is 1. The molecule has 0 aliphatic carbocycles. The number of nitrogens with zero attached hydrogens (tertiary/aromatic N) is 2. The van der Waals surface area contributed by atoms with Gasteiger partial charge in [-0.3, -0.25) is 9.78 Å². The summed E-state index contributed by atoms with van der Waals surface area (Å²) < 4.78 is 26.5. The van der Waals surface area contributed by atoms with Gasteiger partial charge in [0.15, 0.2) is 0 Å². The number of benzene rings is 1. The maximum atomic E-state index is 12.5. The Hall–Kier alpha value is -2.25. The summed E-state index contributed by atoms with van der Waals surface area (Å²) in [6.07, 6.45) is 3.46. The molecule has 1 fully saturated rings. The molecule has 3 rings (SSSR count). The topological polar surface area (TPSA) is 79.4 Å². The molecular formula is C18H21N3O3S. The van der Waals surface area contributed by atoms with E-state index in [9.17, 15) is 13.2 Å². The van der Waals surface area contributed by atoms with Crippen molar-refractivity contribution in [3.63, 3.8) is 0 Å². The van der Waals surface area contributed by atoms with Gasteiger partial charge < -0.3 is 5.32 Å². The lowest BCUT2D eigenvalue weighted by molar-refractivity contribution is 0.0939. The monoisotopic (exact) mass is 359 g/mol. The van der Waals surface area contributed by atoms with E-state index in [0.29, 0.717) is 18.7 Å². The van der Waals surface area contributed by atoms with E-state index in [1.165, 1.54) is 16.4 Å². The maximum Gasteiger partial charge on any atom is 0.251 e. The Kier molecular flexibility index (Phi) is 5.15. The average Bonchev–Trinajstić information content (AvgIpc) is 3.18.